The van der Waals surface area contributed by atoms with Gasteiger partial charge in [-0.25, -0.2) is 4.79 Å². The maximum Gasteiger partial charge on any atom is 0.344 e. The SMILES string of the molecule is CCOC(=O)CCCCCOC1(C(=O)O)C=CC(c2ccccc2)C=C1c1ccc2c(c1)C(C)(C)CCC2(C)C. The number of hydrogen-bond acceptors (Lipinski definition) is 4. The van der Waals surface area contributed by atoms with Crippen LogP contribution in [-0.2, 0) is 29.9 Å². The van der Waals surface area contributed by atoms with Crippen LogP contribution in [0.25, 0.3) is 5.57 Å². The van der Waals surface area contributed by atoms with Crippen LogP contribution >= 0.6 is 0 Å². The number of aliphatic carboxylic acids is 1. The third-order valence-electron chi connectivity index (χ3n) is 8.61. The first-order chi connectivity index (χ1) is 19.0. The summed E-state index contributed by atoms with van der Waals surface area (Å²) in [5.74, 6) is -1.28. The van der Waals surface area contributed by atoms with Crippen LogP contribution in [0.5, 0.6) is 0 Å². The normalized spacial score (nSPS) is 22.7. The fraction of sp³-hybridized carbons (Fsp3) is 0.486. The largest absolute Gasteiger partial charge is 0.479 e. The van der Waals surface area contributed by atoms with Crippen molar-refractivity contribution in [2.75, 3.05) is 13.2 Å². The fourth-order valence-electron chi connectivity index (χ4n) is 6.03. The van der Waals surface area contributed by atoms with Crippen molar-refractivity contribution < 1.29 is 24.2 Å². The van der Waals surface area contributed by atoms with E-state index in [1.165, 1.54) is 11.1 Å². The van der Waals surface area contributed by atoms with Gasteiger partial charge in [0.1, 0.15) is 0 Å². The van der Waals surface area contributed by atoms with Crippen molar-refractivity contribution in [1.82, 2.24) is 0 Å². The van der Waals surface area contributed by atoms with Gasteiger partial charge < -0.3 is 14.6 Å². The van der Waals surface area contributed by atoms with Crippen molar-refractivity contribution in [3.63, 3.8) is 0 Å². The first-order valence-corrected chi connectivity index (χ1v) is 14.6. The van der Waals surface area contributed by atoms with Crippen molar-refractivity contribution >= 4 is 17.5 Å². The van der Waals surface area contributed by atoms with Gasteiger partial charge in [-0.1, -0.05) is 94.8 Å². The summed E-state index contributed by atoms with van der Waals surface area (Å²) in [4.78, 5) is 24.7. The lowest BCUT2D eigenvalue weighted by Gasteiger charge is -2.42. The summed E-state index contributed by atoms with van der Waals surface area (Å²) < 4.78 is 11.3. The molecule has 2 atom stereocenters. The molecule has 0 heterocycles. The first kappa shape index (κ1) is 29.8. The Morgan fingerprint density at radius 1 is 0.925 bits per heavy atom. The highest BCUT2D eigenvalue weighted by molar-refractivity contribution is 5.99. The minimum Gasteiger partial charge on any atom is -0.479 e. The van der Waals surface area contributed by atoms with Crippen molar-refractivity contribution in [2.45, 2.75) is 95.5 Å². The molecule has 0 amide bonds. The van der Waals surface area contributed by atoms with Crippen LogP contribution in [0, 0.1) is 0 Å². The van der Waals surface area contributed by atoms with E-state index in [1.54, 1.807) is 13.0 Å². The number of carboxylic acids is 1. The molecule has 0 bridgehead atoms. The number of fused-ring (bicyclic) bond motifs is 1. The van der Waals surface area contributed by atoms with Crippen LogP contribution in [0.1, 0.15) is 101 Å². The Labute approximate surface area is 239 Å². The molecule has 214 valence electrons. The number of benzene rings is 2. The predicted molar refractivity (Wildman–Crippen MR) is 159 cm³/mol. The molecule has 0 aliphatic heterocycles. The molecule has 0 fully saturated rings. The first-order valence-electron chi connectivity index (χ1n) is 14.6. The predicted octanol–water partition coefficient (Wildman–Crippen LogP) is 7.74. The number of ether oxygens (including phenoxy) is 2. The monoisotopic (exact) mass is 544 g/mol. The second-order valence-corrected chi connectivity index (χ2v) is 12.4. The summed E-state index contributed by atoms with van der Waals surface area (Å²) in [5.41, 5.74) is 3.76. The van der Waals surface area contributed by atoms with Gasteiger partial charge in [-0.05, 0) is 71.8 Å². The Bertz CT molecular complexity index is 1270. The van der Waals surface area contributed by atoms with Crippen molar-refractivity contribution in [3.8, 4) is 0 Å². The van der Waals surface area contributed by atoms with E-state index in [1.807, 2.05) is 24.3 Å². The van der Waals surface area contributed by atoms with Crippen LogP contribution in [0.3, 0.4) is 0 Å². The Morgan fingerprint density at radius 3 is 2.30 bits per heavy atom. The highest BCUT2D eigenvalue weighted by Gasteiger charge is 2.45. The maximum atomic E-state index is 13.0. The number of unbranched alkanes of at least 4 members (excludes halogenated alkanes) is 2. The molecule has 0 spiro atoms. The Morgan fingerprint density at radius 2 is 1.62 bits per heavy atom. The average Bonchev–Trinajstić information content (AvgIpc) is 2.93. The Balaban J connectivity index is 1.67. The molecule has 2 aromatic rings. The highest BCUT2D eigenvalue weighted by atomic mass is 16.5. The molecule has 2 aliphatic carbocycles. The molecule has 0 radical (unpaired) electrons. The fourth-order valence-corrected chi connectivity index (χ4v) is 6.03. The van der Waals surface area contributed by atoms with Gasteiger partial charge in [-0.3, -0.25) is 4.79 Å². The number of allylic oxidation sites excluding steroid dienone is 2. The van der Waals surface area contributed by atoms with Crippen molar-refractivity contribution in [1.29, 1.82) is 0 Å². The zero-order chi connectivity index (χ0) is 29.0. The zero-order valence-corrected chi connectivity index (χ0v) is 24.7. The summed E-state index contributed by atoms with van der Waals surface area (Å²) in [6, 6.07) is 16.6. The summed E-state index contributed by atoms with van der Waals surface area (Å²) in [6.45, 7) is 11.6. The summed E-state index contributed by atoms with van der Waals surface area (Å²) in [5, 5.41) is 10.7. The van der Waals surface area contributed by atoms with E-state index < -0.39 is 11.6 Å². The van der Waals surface area contributed by atoms with E-state index in [2.05, 4.69) is 64.1 Å². The van der Waals surface area contributed by atoms with Gasteiger partial charge in [0.25, 0.3) is 0 Å². The lowest BCUT2D eigenvalue weighted by atomic mass is 9.62. The minimum absolute atomic E-state index is 0.00355. The number of hydrogen-bond donors (Lipinski definition) is 1. The maximum absolute atomic E-state index is 13.0. The standard InChI is InChI=1S/C35H44O5/c1-6-39-31(36)15-11-8-12-22-40-35(32(37)38)19-18-26(25-13-9-7-10-14-25)23-29(35)27-16-17-28-30(24-27)34(4,5)21-20-33(28,2)3/h7,9-10,13-14,16-19,23-24,26H,6,8,11-12,15,20-22H2,1-5H3,(H,37,38). The Hall–Kier alpha value is -3.18. The average molecular weight is 545 g/mol. The topological polar surface area (TPSA) is 72.8 Å². The van der Waals surface area contributed by atoms with Crippen LogP contribution in [0.4, 0.5) is 0 Å². The van der Waals surface area contributed by atoms with Crippen LogP contribution in [0.2, 0.25) is 0 Å². The molecular formula is C35H44O5. The molecular weight excluding hydrogens is 500 g/mol. The number of carbonyl (C=O) groups excluding carboxylic acids is 1. The molecule has 0 saturated carbocycles. The van der Waals surface area contributed by atoms with E-state index in [4.69, 9.17) is 9.47 Å². The van der Waals surface area contributed by atoms with Gasteiger partial charge in [0.15, 0.2) is 0 Å². The lowest BCUT2D eigenvalue weighted by Crippen LogP contribution is -2.43. The van der Waals surface area contributed by atoms with Crippen molar-refractivity contribution in [3.05, 3.63) is 89.0 Å². The molecule has 5 heteroatoms. The van der Waals surface area contributed by atoms with Gasteiger partial charge in [0, 0.05) is 24.5 Å². The minimum atomic E-state index is -1.59. The number of carbonyl (C=O) groups is 2. The molecule has 1 N–H and O–H groups in total. The number of rotatable bonds is 11. The van der Waals surface area contributed by atoms with Crippen LogP contribution in [0.15, 0.2) is 66.8 Å². The molecule has 2 aliphatic rings. The van der Waals surface area contributed by atoms with E-state index in [-0.39, 0.29) is 29.3 Å². The Kier molecular flexibility index (Phi) is 9.04. The summed E-state index contributed by atoms with van der Waals surface area (Å²) >= 11 is 0. The van der Waals surface area contributed by atoms with Crippen LogP contribution in [-0.4, -0.2) is 35.9 Å². The molecule has 2 unspecified atom stereocenters. The smallest absolute Gasteiger partial charge is 0.344 e. The second kappa shape index (κ2) is 12.1. The zero-order valence-electron chi connectivity index (χ0n) is 24.7. The number of carboxylic acid groups (broad SMARTS) is 1. The van der Waals surface area contributed by atoms with Gasteiger partial charge >= 0.3 is 11.9 Å². The summed E-state index contributed by atoms with van der Waals surface area (Å²) in [6.07, 6.45) is 10.4. The molecule has 0 aromatic heterocycles. The second-order valence-electron chi connectivity index (χ2n) is 12.4. The van der Waals surface area contributed by atoms with E-state index in [9.17, 15) is 14.7 Å². The molecule has 5 nitrogen and oxygen atoms in total. The molecule has 40 heavy (non-hydrogen) atoms. The number of esters is 1. The lowest BCUT2D eigenvalue weighted by molar-refractivity contribution is -0.153. The summed E-state index contributed by atoms with van der Waals surface area (Å²) in [7, 11) is 0. The molecule has 0 saturated heterocycles. The van der Waals surface area contributed by atoms with Gasteiger partial charge in [-0.2, -0.15) is 0 Å². The quantitative estimate of drug-likeness (QED) is 0.178. The van der Waals surface area contributed by atoms with Gasteiger partial charge in [-0.15, -0.1) is 0 Å². The van der Waals surface area contributed by atoms with Crippen molar-refractivity contribution in [2.24, 2.45) is 0 Å². The molecule has 4 rings (SSSR count). The van der Waals surface area contributed by atoms with E-state index in [0.29, 0.717) is 31.4 Å². The third kappa shape index (κ3) is 6.25. The molecule has 2 aromatic carbocycles. The van der Waals surface area contributed by atoms with Crippen LogP contribution < -0.4 is 0 Å². The van der Waals surface area contributed by atoms with E-state index >= 15 is 0 Å². The van der Waals surface area contributed by atoms with E-state index in [0.717, 1.165) is 30.4 Å². The van der Waals surface area contributed by atoms with Gasteiger partial charge in [0.2, 0.25) is 5.60 Å². The third-order valence-corrected chi connectivity index (χ3v) is 8.61. The van der Waals surface area contributed by atoms with Gasteiger partial charge in [0.05, 0.1) is 6.61 Å². The highest BCUT2D eigenvalue weighted by Crippen LogP contribution is 2.48.